The van der Waals surface area contributed by atoms with Gasteiger partial charge in [0.2, 0.25) is 5.28 Å². The van der Waals surface area contributed by atoms with Gasteiger partial charge in [-0.2, -0.15) is 0 Å². The van der Waals surface area contributed by atoms with E-state index in [-0.39, 0.29) is 10.7 Å². The molecule has 4 heteroatoms. The lowest BCUT2D eigenvalue weighted by Crippen LogP contribution is -2.21. The fourth-order valence-corrected chi connectivity index (χ4v) is 2.84. The third-order valence-corrected chi connectivity index (χ3v) is 4.15. The molecule has 3 rings (SSSR count). The van der Waals surface area contributed by atoms with Crippen LogP contribution in [0.4, 0.5) is 0 Å². The third kappa shape index (κ3) is 2.53. The van der Waals surface area contributed by atoms with E-state index in [0.717, 1.165) is 27.9 Å². The van der Waals surface area contributed by atoms with Crippen LogP contribution in [-0.4, -0.2) is 17.1 Å². The second kappa shape index (κ2) is 5.58. The molecule has 0 atom stereocenters. The highest BCUT2D eigenvalue weighted by Gasteiger charge is 2.27. The van der Waals surface area contributed by atoms with Gasteiger partial charge < -0.3 is 4.74 Å². The maximum Gasteiger partial charge on any atom is 0.223 e. The van der Waals surface area contributed by atoms with E-state index in [0.29, 0.717) is 0 Å². The smallest absolute Gasteiger partial charge is 0.223 e. The minimum Gasteiger partial charge on any atom is -0.497 e. The summed E-state index contributed by atoms with van der Waals surface area (Å²) in [6.07, 6.45) is 0. The molecule has 1 heterocycles. The van der Waals surface area contributed by atoms with Crippen LogP contribution in [0, 0.1) is 0 Å². The number of rotatable bonds is 3. The average Bonchev–Trinajstić information content (AvgIpc) is 2.54. The van der Waals surface area contributed by atoms with E-state index >= 15 is 0 Å². The first-order valence-electron chi connectivity index (χ1n) is 7.09. The Kier molecular flexibility index (Phi) is 3.75. The van der Waals surface area contributed by atoms with E-state index in [1.54, 1.807) is 7.11 Å². The molecule has 3 nitrogen and oxygen atoms in total. The second-order valence-corrected chi connectivity index (χ2v) is 6.05. The number of methoxy groups -OCH3 is 1. The summed E-state index contributed by atoms with van der Waals surface area (Å²) in [6.45, 7) is 4.28. The van der Waals surface area contributed by atoms with Crippen molar-refractivity contribution in [3.05, 3.63) is 65.1 Å². The molecule has 0 N–H and O–H groups in total. The number of nitrogens with zero attached hydrogens (tertiary/aromatic N) is 2. The maximum absolute atomic E-state index is 6.12. The van der Waals surface area contributed by atoms with Gasteiger partial charge in [-0.1, -0.05) is 44.2 Å². The lowest BCUT2D eigenvalue weighted by molar-refractivity contribution is 0.414. The van der Waals surface area contributed by atoms with Gasteiger partial charge in [0.25, 0.3) is 0 Å². The number of para-hydroxylation sites is 1. The van der Waals surface area contributed by atoms with Gasteiger partial charge in [-0.15, -0.1) is 0 Å². The standard InChI is InChI=1S/C18H17ClN2O/c1-18(2,12-8-10-13(22-3)11-9-12)16-14-6-4-5-7-15(14)20-17(19)21-16/h4-11H,1-3H3. The van der Waals surface area contributed by atoms with Crippen LogP contribution in [0.1, 0.15) is 25.1 Å². The molecule has 0 spiro atoms. The molecule has 0 saturated carbocycles. The molecule has 0 saturated heterocycles. The van der Waals surface area contributed by atoms with E-state index in [9.17, 15) is 0 Å². The molecule has 2 aromatic carbocycles. The van der Waals surface area contributed by atoms with Crippen LogP contribution in [0.2, 0.25) is 5.28 Å². The van der Waals surface area contributed by atoms with Crippen LogP contribution in [-0.2, 0) is 5.41 Å². The van der Waals surface area contributed by atoms with Crippen LogP contribution in [0.15, 0.2) is 48.5 Å². The minimum atomic E-state index is -0.293. The SMILES string of the molecule is COc1ccc(C(C)(C)c2nc(Cl)nc3ccccc23)cc1. The summed E-state index contributed by atoms with van der Waals surface area (Å²) < 4.78 is 5.23. The normalized spacial score (nSPS) is 11.6. The second-order valence-electron chi connectivity index (χ2n) is 5.71. The third-order valence-electron chi connectivity index (χ3n) is 3.98. The molecule has 0 unspecified atom stereocenters. The Labute approximate surface area is 134 Å². The summed E-state index contributed by atoms with van der Waals surface area (Å²) in [7, 11) is 1.66. The monoisotopic (exact) mass is 312 g/mol. The lowest BCUT2D eigenvalue weighted by Gasteiger charge is -2.26. The Morgan fingerprint density at radius 2 is 1.64 bits per heavy atom. The van der Waals surface area contributed by atoms with Gasteiger partial charge in [-0.05, 0) is 35.4 Å². The van der Waals surface area contributed by atoms with Gasteiger partial charge in [0, 0.05) is 10.8 Å². The van der Waals surface area contributed by atoms with Crippen LogP contribution < -0.4 is 4.74 Å². The topological polar surface area (TPSA) is 35.0 Å². The summed E-state index contributed by atoms with van der Waals surface area (Å²) in [5.41, 5.74) is 2.64. The number of hydrogen-bond donors (Lipinski definition) is 0. The van der Waals surface area contributed by atoms with Gasteiger partial charge in [0.15, 0.2) is 0 Å². The number of ether oxygens (including phenoxy) is 1. The highest BCUT2D eigenvalue weighted by molar-refractivity contribution is 6.28. The van der Waals surface area contributed by atoms with Crippen molar-refractivity contribution in [3.63, 3.8) is 0 Å². The van der Waals surface area contributed by atoms with Crippen molar-refractivity contribution in [2.75, 3.05) is 7.11 Å². The summed E-state index contributed by atoms with van der Waals surface area (Å²) in [6, 6.07) is 16.0. The Morgan fingerprint density at radius 1 is 0.955 bits per heavy atom. The Hall–Kier alpha value is -2.13. The summed E-state index contributed by atoms with van der Waals surface area (Å²) in [5, 5.41) is 1.29. The summed E-state index contributed by atoms with van der Waals surface area (Å²) >= 11 is 6.12. The summed E-state index contributed by atoms with van der Waals surface area (Å²) in [5.74, 6) is 0.838. The largest absolute Gasteiger partial charge is 0.497 e. The Bertz CT molecular complexity index is 813. The van der Waals surface area contributed by atoms with Gasteiger partial charge in [0.1, 0.15) is 5.75 Å². The zero-order valence-electron chi connectivity index (χ0n) is 12.8. The molecular formula is C18H17ClN2O. The molecule has 0 aliphatic carbocycles. The fraction of sp³-hybridized carbons (Fsp3) is 0.222. The van der Waals surface area contributed by atoms with Crippen LogP contribution in [0.25, 0.3) is 10.9 Å². The minimum absolute atomic E-state index is 0.273. The highest BCUT2D eigenvalue weighted by Crippen LogP contribution is 2.35. The molecule has 0 aliphatic rings. The number of halogens is 1. The van der Waals surface area contributed by atoms with Crippen LogP contribution in [0.3, 0.4) is 0 Å². The molecular weight excluding hydrogens is 296 g/mol. The van der Waals surface area contributed by atoms with Crippen molar-refractivity contribution in [2.45, 2.75) is 19.3 Å². The van der Waals surface area contributed by atoms with E-state index in [1.807, 2.05) is 36.4 Å². The van der Waals surface area contributed by atoms with Crippen molar-refractivity contribution in [2.24, 2.45) is 0 Å². The number of hydrogen-bond acceptors (Lipinski definition) is 3. The molecule has 1 aromatic heterocycles. The first kappa shape index (κ1) is 14.8. The van der Waals surface area contributed by atoms with Gasteiger partial charge >= 0.3 is 0 Å². The van der Waals surface area contributed by atoms with Crippen molar-refractivity contribution in [1.82, 2.24) is 9.97 Å². The molecule has 0 radical (unpaired) electrons. The number of benzene rings is 2. The number of aromatic nitrogens is 2. The molecule has 22 heavy (non-hydrogen) atoms. The van der Waals surface area contributed by atoms with Crippen molar-refractivity contribution < 1.29 is 4.74 Å². The van der Waals surface area contributed by atoms with Gasteiger partial charge in [-0.3, -0.25) is 0 Å². The van der Waals surface area contributed by atoms with Crippen molar-refractivity contribution in [3.8, 4) is 5.75 Å². The van der Waals surface area contributed by atoms with Crippen LogP contribution in [0.5, 0.6) is 5.75 Å². The van der Waals surface area contributed by atoms with Crippen molar-refractivity contribution >= 4 is 22.5 Å². The number of fused-ring (bicyclic) bond motifs is 1. The molecule has 3 aromatic rings. The van der Waals surface area contributed by atoms with Gasteiger partial charge in [-0.25, -0.2) is 9.97 Å². The zero-order valence-corrected chi connectivity index (χ0v) is 13.6. The Balaban J connectivity index is 2.19. The maximum atomic E-state index is 6.12. The molecule has 0 aliphatic heterocycles. The average molecular weight is 313 g/mol. The van der Waals surface area contributed by atoms with Crippen molar-refractivity contribution in [1.29, 1.82) is 0 Å². The molecule has 112 valence electrons. The van der Waals surface area contributed by atoms with E-state index in [1.165, 1.54) is 0 Å². The van der Waals surface area contributed by atoms with E-state index in [4.69, 9.17) is 16.3 Å². The molecule has 0 fully saturated rings. The van der Waals surface area contributed by atoms with Gasteiger partial charge in [0.05, 0.1) is 18.3 Å². The van der Waals surface area contributed by atoms with E-state index < -0.39 is 0 Å². The predicted molar refractivity (Wildman–Crippen MR) is 89.7 cm³/mol. The van der Waals surface area contributed by atoms with E-state index in [2.05, 4.69) is 35.9 Å². The quantitative estimate of drug-likeness (QED) is 0.662. The lowest BCUT2D eigenvalue weighted by atomic mass is 9.80. The summed E-state index contributed by atoms with van der Waals surface area (Å²) in [4.78, 5) is 8.82. The Morgan fingerprint density at radius 3 is 2.32 bits per heavy atom. The molecule has 0 amide bonds. The predicted octanol–water partition coefficient (Wildman–Crippen LogP) is 4.62. The zero-order chi connectivity index (χ0) is 15.7. The first-order valence-corrected chi connectivity index (χ1v) is 7.47. The van der Waals surface area contributed by atoms with Crippen LogP contribution >= 0.6 is 11.6 Å². The molecule has 0 bridgehead atoms. The highest BCUT2D eigenvalue weighted by atomic mass is 35.5. The fourth-order valence-electron chi connectivity index (χ4n) is 2.67. The first-order chi connectivity index (χ1) is 10.5.